The quantitative estimate of drug-likeness (QED) is 0.452. The van der Waals surface area contributed by atoms with Crippen molar-refractivity contribution >= 4 is 28.4 Å². The summed E-state index contributed by atoms with van der Waals surface area (Å²) in [5, 5.41) is 4.42. The van der Waals surface area contributed by atoms with E-state index in [-0.39, 0.29) is 11.7 Å². The largest absolute Gasteiger partial charge is 0.490 e. The van der Waals surface area contributed by atoms with Gasteiger partial charge in [0.15, 0.2) is 5.82 Å². The van der Waals surface area contributed by atoms with Gasteiger partial charge < -0.3 is 9.47 Å². The van der Waals surface area contributed by atoms with Gasteiger partial charge in [-0.05, 0) is 55.0 Å². The van der Waals surface area contributed by atoms with E-state index in [2.05, 4.69) is 22.7 Å². The second kappa shape index (κ2) is 7.85. The lowest BCUT2D eigenvalue weighted by atomic mass is 10.0. The first-order valence-corrected chi connectivity index (χ1v) is 10.7. The number of benzene rings is 2. The van der Waals surface area contributed by atoms with Gasteiger partial charge in [0.1, 0.15) is 24.2 Å². The van der Waals surface area contributed by atoms with Gasteiger partial charge in [0, 0.05) is 11.1 Å². The van der Waals surface area contributed by atoms with Crippen LogP contribution in [0.15, 0.2) is 71.6 Å². The fraction of sp³-hybridized carbons (Fsp3) is 0.125. The van der Waals surface area contributed by atoms with Crippen LogP contribution in [0.2, 0.25) is 0 Å². The molecule has 1 atom stereocenters. The summed E-state index contributed by atoms with van der Waals surface area (Å²) in [7, 11) is 0. The predicted molar refractivity (Wildman–Crippen MR) is 122 cm³/mol. The SMILES string of the molecule is C=CCOc1ccc(-c2nc3s/c(=C/C4=Cc5ccccc5OC4C)c(=O)n3n2)cc1. The van der Waals surface area contributed by atoms with Crippen LogP contribution in [0, 0.1) is 0 Å². The molecule has 6 nitrogen and oxygen atoms in total. The second-order valence-corrected chi connectivity index (χ2v) is 8.12. The van der Waals surface area contributed by atoms with Crippen molar-refractivity contribution < 1.29 is 9.47 Å². The maximum Gasteiger partial charge on any atom is 0.291 e. The smallest absolute Gasteiger partial charge is 0.291 e. The predicted octanol–water partition coefficient (Wildman–Crippen LogP) is 3.75. The number of aromatic nitrogens is 3. The summed E-state index contributed by atoms with van der Waals surface area (Å²) >= 11 is 1.32. The van der Waals surface area contributed by atoms with Crippen LogP contribution in [0.5, 0.6) is 11.5 Å². The number of fused-ring (bicyclic) bond motifs is 2. The van der Waals surface area contributed by atoms with E-state index in [1.54, 1.807) is 6.08 Å². The molecule has 31 heavy (non-hydrogen) atoms. The summed E-state index contributed by atoms with van der Waals surface area (Å²) in [5.41, 5.74) is 2.58. The summed E-state index contributed by atoms with van der Waals surface area (Å²) in [4.78, 5) is 18.0. The average Bonchev–Trinajstić information content (AvgIpc) is 3.32. The molecule has 0 spiro atoms. The molecule has 0 N–H and O–H groups in total. The zero-order valence-electron chi connectivity index (χ0n) is 16.8. The lowest BCUT2D eigenvalue weighted by molar-refractivity contribution is 0.259. The fourth-order valence-corrected chi connectivity index (χ4v) is 4.29. The van der Waals surface area contributed by atoms with Crippen molar-refractivity contribution in [3.8, 4) is 22.9 Å². The Morgan fingerprint density at radius 2 is 2.03 bits per heavy atom. The van der Waals surface area contributed by atoms with Crippen molar-refractivity contribution in [3.63, 3.8) is 0 Å². The van der Waals surface area contributed by atoms with Crippen LogP contribution in [-0.2, 0) is 0 Å². The Morgan fingerprint density at radius 3 is 2.81 bits per heavy atom. The number of thiazole rings is 1. The third kappa shape index (κ3) is 3.64. The van der Waals surface area contributed by atoms with E-state index in [1.807, 2.05) is 61.5 Å². The third-order valence-corrected chi connectivity index (χ3v) is 5.93. The van der Waals surface area contributed by atoms with Crippen molar-refractivity contribution in [2.24, 2.45) is 0 Å². The standard InChI is InChI=1S/C24H19N3O3S/c1-3-12-29-19-10-8-16(9-11-19)22-25-24-27(26-22)23(28)21(31-24)14-18-13-17-6-4-5-7-20(17)30-15(18)2/h3-11,13-15H,1,12H2,2H3/b21-14+. The van der Waals surface area contributed by atoms with Gasteiger partial charge in [0.2, 0.25) is 4.96 Å². The lowest BCUT2D eigenvalue weighted by Crippen LogP contribution is -2.26. The van der Waals surface area contributed by atoms with E-state index in [4.69, 9.17) is 9.47 Å². The molecule has 0 amide bonds. The third-order valence-electron chi connectivity index (χ3n) is 4.97. The second-order valence-electron chi connectivity index (χ2n) is 7.11. The van der Waals surface area contributed by atoms with Crippen LogP contribution in [-0.4, -0.2) is 27.3 Å². The van der Waals surface area contributed by atoms with Gasteiger partial charge in [-0.1, -0.05) is 42.2 Å². The Hall–Kier alpha value is -3.71. The number of hydrogen-bond acceptors (Lipinski definition) is 6. The Morgan fingerprint density at radius 1 is 1.23 bits per heavy atom. The van der Waals surface area contributed by atoms with Gasteiger partial charge in [-0.15, -0.1) is 5.10 Å². The van der Waals surface area contributed by atoms with Crippen molar-refractivity contribution in [1.29, 1.82) is 0 Å². The molecule has 0 saturated carbocycles. The van der Waals surface area contributed by atoms with Gasteiger partial charge in [0.05, 0.1) is 4.53 Å². The molecule has 0 saturated heterocycles. The first kappa shape index (κ1) is 19.3. The maximum absolute atomic E-state index is 12.9. The molecule has 154 valence electrons. The molecule has 0 fully saturated rings. The van der Waals surface area contributed by atoms with E-state index in [0.717, 1.165) is 28.2 Å². The van der Waals surface area contributed by atoms with Gasteiger partial charge in [-0.25, -0.2) is 0 Å². The van der Waals surface area contributed by atoms with Crippen molar-refractivity contribution in [2.45, 2.75) is 13.0 Å². The van der Waals surface area contributed by atoms with E-state index >= 15 is 0 Å². The highest BCUT2D eigenvalue weighted by Crippen LogP contribution is 2.29. The highest BCUT2D eigenvalue weighted by molar-refractivity contribution is 7.15. The molecule has 1 unspecified atom stereocenters. The summed E-state index contributed by atoms with van der Waals surface area (Å²) in [6.45, 7) is 6.06. The van der Waals surface area contributed by atoms with Crippen LogP contribution in [0.3, 0.4) is 0 Å². The van der Waals surface area contributed by atoms with Crippen molar-refractivity contribution in [1.82, 2.24) is 14.6 Å². The van der Waals surface area contributed by atoms with Crippen LogP contribution in [0.1, 0.15) is 12.5 Å². The summed E-state index contributed by atoms with van der Waals surface area (Å²) in [6, 6.07) is 15.3. The molecule has 1 aliphatic rings. The molecule has 1 aliphatic heterocycles. The number of rotatable bonds is 5. The zero-order valence-corrected chi connectivity index (χ0v) is 17.6. The van der Waals surface area contributed by atoms with E-state index < -0.39 is 0 Å². The molecule has 0 radical (unpaired) electrons. The number of nitrogens with zero attached hydrogens (tertiary/aromatic N) is 3. The van der Waals surface area contributed by atoms with Crippen molar-refractivity contribution in [2.75, 3.05) is 6.61 Å². The van der Waals surface area contributed by atoms with Gasteiger partial charge in [0.25, 0.3) is 5.56 Å². The van der Waals surface area contributed by atoms with E-state index in [9.17, 15) is 4.79 Å². The molecule has 2 aromatic heterocycles. The van der Waals surface area contributed by atoms with Gasteiger partial charge >= 0.3 is 0 Å². The molecule has 3 heterocycles. The van der Waals surface area contributed by atoms with Crippen molar-refractivity contribution in [3.05, 3.63) is 87.2 Å². The molecule has 2 aromatic carbocycles. The van der Waals surface area contributed by atoms with Gasteiger partial charge in [-0.2, -0.15) is 9.50 Å². The first-order valence-electron chi connectivity index (χ1n) is 9.85. The maximum atomic E-state index is 12.9. The molecule has 5 rings (SSSR count). The Bertz CT molecular complexity index is 1420. The normalized spacial score (nSPS) is 16.0. The number of hydrogen-bond donors (Lipinski definition) is 0. The monoisotopic (exact) mass is 429 g/mol. The molecule has 4 aromatic rings. The number of para-hydroxylation sites is 1. The van der Waals surface area contributed by atoms with Crippen LogP contribution < -0.4 is 19.6 Å². The van der Waals surface area contributed by atoms with E-state index in [1.165, 1.54) is 15.9 Å². The molecule has 0 aliphatic carbocycles. The number of ether oxygens (including phenoxy) is 2. The Kier molecular flexibility index (Phi) is 4.88. The van der Waals surface area contributed by atoms with Crippen LogP contribution >= 0.6 is 11.3 Å². The van der Waals surface area contributed by atoms with Crippen LogP contribution in [0.25, 0.3) is 28.5 Å². The summed E-state index contributed by atoms with van der Waals surface area (Å²) < 4.78 is 13.4. The fourth-order valence-electron chi connectivity index (χ4n) is 3.38. The highest BCUT2D eigenvalue weighted by atomic mass is 32.1. The van der Waals surface area contributed by atoms with E-state index in [0.29, 0.717) is 21.9 Å². The minimum atomic E-state index is -0.184. The summed E-state index contributed by atoms with van der Waals surface area (Å²) in [5.74, 6) is 2.10. The molecule has 7 heteroatoms. The topological polar surface area (TPSA) is 65.7 Å². The highest BCUT2D eigenvalue weighted by Gasteiger charge is 2.18. The Balaban J connectivity index is 1.48. The zero-order chi connectivity index (χ0) is 21.4. The Labute approximate surface area is 182 Å². The molecular weight excluding hydrogens is 410 g/mol. The lowest BCUT2D eigenvalue weighted by Gasteiger charge is -2.22. The molecular formula is C24H19N3O3S. The van der Waals surface area contributed by atoms with Gasteiger partial charge in [-0.3, -0.25) is 4.79 Å². The minimum absolute atomic E-state index is 0.144. The minimum Gasteiger partial charge on any atom is -0.490 e. The van der Waals surface area contributed by atoms with Crippen LogP contribution in [0.4, 0.5) is 0 Å². The molecule has 0 bridgehead atoms. The average molecular weight is 430 g/mol. The summed E-state index contributed by atoms with van der Waals surface area (Å²) in [6.07, 6.45) is 5.47. The first-order chi connectivity index (χ1) is 15.1.